The molecule has 4 atom stereocenters. The Labute approximate surface area is 161 Å². The van der Waals surface area contributed by atoms with E-state index in [0.29, 0.717) is 17.7 Å². The van der Waals surface area contributed by atoms with Crippen LogP contribution in [0.4, 0.5) is 0 Å². The van der Waals surface area contributed by atoms with Gasteiger partial charge >= 0.3 is 17.1 Å². The zero-order valence-corrected chi connectivity index (χ0v) is 19.7. The van der Waals surface area contributed by atoms with Gasteiger partial charge in [0, 0.05) is 0 Å². The van der Waals surface area contributed by atoms with Gasteiger partial charge in [-0.15, -0.1) is 6.58 Å². The first-order valence-electron chi connectivity index (χ1n) is 9.99. The second kappa shape index (κ2) is 8.15. The Kier molecular flexibility index (Phi) is 6.98. The van der Waals surface area contributed by atoms with Crippen LogP contribution in [-0.2, 0) is 17.7 Å². The van der Waals surface area contributed by atoms with Gasteiger partial charge < -0.3 is 22.8 Å². The van der Waals surface area contributed by atoms with Crippen LogP contribution in [0.25, 0.3) is 0 Å². The van der Waals surface area contributed by atoms with Gasteiger partial charge in [0.25, 0.3) is 0 Å². The molecule has 0 unspecified atom stereocenters. The maximum Gasteiger partial charge on any atom is 0.335 e. The van der Waals surface area contributed by atoms with Crippen molar-refractivity contribution in [2.75, 3.05) is 6.61 Å². The Morgan fingerprint density at radius 3 is 1.85 bits per heavy atom. The van der Waals surface area contributed by atoms with E-state index in [4.69, 9.17) is 17.7 Å². The van der Waals surface area contributed by atoms with E-state index < -0.39 is 35.4 Å². The number of fused-ring (bicyclic) bond motifs is 1. The summed E-state index contributed by atoms with van der Waals surface area (Å²) < 4.78 is 26.5. The largest absolute Gasteiger partial charge is 0.414 e. The lowest BCUT2D eigenvalue weighted by Gasteiger charge is -2.51. The average Bonchev–Trinajstić information content (AvgIpc) is 2.81. The van der Waals surface area contributed by atoms with Crippen LogP contribution in [0.15, 0.2) is 12.7 Å². The van der Waals surface area contributed by atoms with E-state index in [1.54, 1.807) is 6.08 Å². The first-order valence-corrected chi connectivity index (χ1v) is 13.9. The van der Waals surface area contributed by atoms with Crippen molar-refractivity contribution >= 4 is 17.1 Å². The van der Waals surface area contributed by atoms with Crippen molar-refractivity contribution in [2.24, 2.45) is 0 Å². The quantitative estimate of drug-likeness (QED) is 0.550. The zero-order valence-electron chi connectivity index (χ0n) is 17.7. The molecule has 2 aliphatic heterocycles. The van der Waals surface area contributed by atoms with Crippen LogP contribution in [-0.4, -0.2) is 53.3 Å². The van der Waals surface area contributed by atoms with Gasteiger partial charge in [-0.25, -0.2) is 0 Å². The third-order valence-corrected chi connectivity index (χ3v) is 16.2. The van der Waals surface area contributed by atoms with Gasteiger partial charge in [0.15, 0.2) is 0 Å². The van der Waals surface area contributed by atoms with Crippen LogP contribution >= 0.6 is 0 Å². The van der Waals surface area contributed by atoms with Crippen molar-refractivity contribution in [3.05, 3.63) is 12.7 Å². The Balaban J connectivity index is 2.54. The Hall–Kier alpha value is -0.0262. The summed E-state index contributed by atoms with van der Waals surface area (Å²) in [7, 11) is -5.23. The number of hydrogen-bond acceptors (Lipinski definition) is 5. The fraction of sp³-hybridized carbons (Fsp3) is 0.895. The van der Waals surface area contributed by atoms with Crippen molar-refractivity contribution in [1.82, 2.24) is 0 Å². The molecule has 7 heteroatoms. The summed E-state index contributed by atoms with van der Waals surface area (Å²) in [5.41, 5.74) is 1.08. The molecule has 1 N–H and O–H groups in total. The van der Waals surface area contributed by atoms with Gasteiger partial charge in [0.1, 0.15) is 24.4 Å². The van der Waals surface area contributed by atoms with E-state index in [1.165, 1.54) is 0 Å². The van der Waals surface area contributed by atoms with Crippen molar-refractivity contribution in [2.45, 2.75) is 102 Å². The smallest absolute Gasteiger partial charge is 0.335 e. The summed E-state index contributed by atoms with van der Waals surface area (Å²) >= 11 is 0. The van der Waals surface area contributed by atoms with Crippen LogP contribution in [0.5, 0.6) is 0 Å². The van der Waals surface area contributed by atoms with E-state index in [0.717, 1.165) is 0 Å². The van der Waals surface area contributed by atoms with Gasteiger partial charge in [0.05, 0.1) is 6.61 Å². The highest BCUT2D eigenvalue weighted by Gasteiger charge is 2.61. The molecule has 0 aliphatic carbocycles. The van der Waals surface area contributed by atoms with Gasteiger partial charge in [-0.2, -0.15) is 0 Å². The number of hydrogen-bond donors (Lipinski definition) is 1. The SMILES string of the molecule is C=C[C@@H]1O[C@@H]2CO[Si](C(C)C)(C(C)C)O[Si](C(C)C)(C(C)C)O[C@H]2[C@@H]1O. The molecule has 5 nitrogen and oxygen atoms in total. The fourth-order valence-electron chi connectivity index (χ4n) is 4.38. The van der Waals surface area contributed by atoms with Crippen molar-refractivity contribution in [3.63, 3.8) is 0 Å². The standard InChI is InChI=1S/C19H38O5Si2/c1-10-16-18(20)19-17(22-16)11-21-25(12(2)3,13(4)5)24-26(23-19,14(6)7)15(8)9/h10,12-20H,1,11H2,2-9H3/t16-,17+,18+,19+/m0/s1. The zero-order chi connectivity index (χ0) is 19.9. The molecular weight excluding hydrogens is 364 g/mol. The van der Waals surface area contributed by atoms with Crippen molar-refractivity contribution < 1.29 is 22.8 Å². The van der Waals surface area contributed by atoms with Crippen molar-refractivity contribution in [1.29, 1.82) is 0 Å². The van der Waals surface area contributed by atoms with E-state index >= 15 is 0 Å². The third-order valence-electron chi connectivity index (χ3n) is 5.94. The highest BCUT2D eigenvalue weighted by atomic mass is 28.5. The lowest BCUT2D eigenvalue weighted by atomic mass is 10.1. The molecule has 2 fully saturated rings. The number of rotatable bonds is 5. The van der Waals surface area contributed by atoms with E-state index in [2.05, 4.69) is 62.0 Å². The van der Waals surface area contributed by atoms with Gasteiger partial charge in [-0.05, 0) is 22.2 Å². The summed E-state index contributed by atoms with van der Waals surface area (Å²) in [5, 5.41) is 10.7. The Morgan fingerprint density at radius 2 is 1.42 bits per heavy atom. The highest BCUT2D eigenvalue weighted by Crippen LogP contribution is 2.47. The topological polar surface area (TPSA) is 57.2 Å². The molecule has 0 aromatic carbocycles. The Bertz CT molecular complexity index is 478. The van der Waals surface area contributed by atoms with Crippen LogP contribution in [0.1, 0.15) is 55.4 Å². The lowest BCUT2D eigenvalue weighted by molar-refractivity contribution is -0.0337. The summed E-state index contributed by atoms with van der Waals surface area (Å²) in [4.78, 5) is 0. The van der Waals surface area contributed by atoms with Crippen LogP contribution in [0, 0.1) is 0 Å². The molecule has 2 rings (SSSR count). The minimum Gasteiger partial charge on any atom is -0.414 e. The van der Waals surface area contributed by atoms with Gasteiger partial charge in [0.2, 0.25) is 0 Å². The molecule has 0 spiro atoms. The molecule has 0 amide bonds. The highest BCUT2D eigenvalue weighted by molar-refractivity contribution is 6.83. The van der Waals surface area contributed by atoms with E-state index in [9.17, 15) is 5.11 Å². The fourth-order valence-corrected chi connectivity index (χ4v) is 15.6. The van der Waals surface area contributed by atoms with Crippen LogP contribution in [0.3, 0.4) is 0 Å². The molecule has 0 radical (unpaired) electrons. The maximum atomic E-state index is 10.7. The minimum atomic E-state index is -2.69. The average molecular weight is 403 g/mol. The number of ether oxygens (including phenoxy) is 1. The second-order valence-electron chi connectivity index (χ2n) is 8.92. The third kappa shape index (κ3) is 3.64. The molecule has 0 aromatic heterocycles. The monoisotopic (exact) mass is 402 g/mol. The first kappa shape index (κ1) is 22.3. The van der Waals surface area contributed by atoms with Gasteiger partial charge in [-0.1, -0.05) is 61.5 Å². The number of aliphatic hydroxyl groups is 1. The first-order chi connectivity index (χ1) is 12.0. The molecule has 0 bridgehead atoms. The van der Waals surface area contributed by atoms with Crippen LogP contribution < -0.4 is 0 Å². The van der Waals surface area contributed by atoms with Crippen molar-refractivity contribution in [3.8, 4) is 0 Å². The van der Waals surface area contributed by atoms with E-state index in [1.807, 2.05) is 0 Å². The predicted octanol–water partition coefficient (Wildman–Crippen LogP) is 4.26. The maximum absolute atomic E-state index is 10.7. The predicted molar refractivity (Wildman–Crippen MR) is 109 cm³/mol. The summed E-state index contributed by atoms with van der Waals surface area (Å²) in [6, 6.07) is 0. The molecule has 0 aromatic rings. The van der Waals surface area contributed by atoms with E-state index in [-0.39, 0.29) is 17.2 Å². The molecule has 2 saturated heterocycles. The Morgan fingerprint density at radius 1 is 0.923 bits per heavy atom. The molecule has 26 heavy (non-hydrogen) atoms. The molecule has 2 aliphatic rings. The second-order valence-corrected chi connectivity index (χ2v) is 17.8. The molecule has 152 valence electrons. The normalized spacial score (nSPS) is 34.2. The number of aliphatic hydroxyl groups excluding tert-OH is 1. The summed E-state index contributed by atoms with van der Waals surface area (Å²) in [6.07, 6.45) is -0.219. The lowest BCUT2D eigenvalue weighted by Crippen LogP contribution is -2.65. The summed E-state index contributed by atoms with van der Waals surface area (Å²) in [5.74, 6) is 0. The molecule has 2 heterocycles. The molecule has 0 saturated carbocycles. The minimum absolute atomic E-state index is 0.240. The van der Waals surface area contributed by atoms with Crippen LogP contribution in [0.2, 0.25) is 22.2 Å². The summed E-state index contributed by atoms with van der Waals surface area (Å²) in [6.45, 7) is 21.7. The molecular formula is C19H38O5Si2. The van der Waals surface area contributed by atoms with Gasteiger partial charge in [-0.3, -0.25) is 0 Å².